The highest BCUT2D eigenvalue weighted by Gasteiger charge is 2.23. The van der Waals surface area contributed by atoms with Crippen LogP contribution in [0.1, 0.15) is 42.7 Å². The summed E-state index contributed by atoms with van der Waals surface area (Å²) < 4.78 is 5.43. The number of ether oxygens (including phenoxy) is 1. The van der Waals surface area contributed by atoms with Crippen molar-refractivity contribution in [1.82, 2.24) is 19.9 Å². The van der Waals surface area contributed by atoms with Crippen LogP contribution in [-0.2, 0) is 29.7 Å². The Hall–Kier alpha value is -1.57. The van der Waals surface area contributed by atoms with Crippen molar-refractivity contribution in [2.45, 2.75) is 45.7 Å². The molecule has 0 spiro atoms. The number of thiazole rings is 1. The Morgan fingerprint density at radius 1 is 1.12 bits per heavy atom. The number of anilines is 1. The molecule has 4 rings (SSSR count). The number of rotatable bonds is 3. The molecular formula is C19H27N5OS. The molecule has 6 nitrogen and oxygen atoms in total. The fourth-order valence-electron chi connectivity index (χ4n) is 3.36. The topological polar surface area (TPSA) is 54.4 Å². The van der Waals surface area contributed by atoms with E-state index in [2.05, 4.69) is 40.5 Å². The van der Waals surface area contributed by atoms with Gasteiger partial charge in [-0.25, -0.2) is 15.0 Å². The quantitative estimate of drug-likeness (QED) is 0.824. The van der Waals surface area contributed by atoms with Gasteiger partial charge in [0.2, 0.25) is 0 Å². The normalized spacial score (nSPS) is 18.8. The van der Waals surface area contributed by atoms with Crippen molar-refractivity contribution < 1.29 is 4.74 Å². The van der Waals surface area contributed by atoms with Crippen LogP contribution in [0.4, 0.5) is 5.13 Å². The predicted molar refractivity (Wildman–Crippen MR) is 104 cm³/mol. The molecule has 2 aliphatic rings. The summed E-state index contributed by atoms with van der Waals surface area (Å²) in [6.45, 7) is 12.9. The Kier molecular flexibility index (Phi) is 4.94. The highest BCUT2D eigenvalue weighted by molar-refractivity contribution is 7.15. The van der Waals surface area contributed by atoms with Gasteiger partial charge in [0, 0.05) is 73.1 Å². The zero-order valence-electron chi connectivity index (χ0n) is 15.9. The van der Waals surface area contributed by atoms with E-state index in [0.717, 1.165) is 63.3 Å². The number of hydrogen-bond donors (Lipinski definition) is 0. The maximum absolute atomic E-state index is 5.43. The number of aromatic nitrogens is 3. The molecule has 2 aliphatic heterocycles. The van der Waals surface area contributed by atoms with E-state index in [-0.39, 0.29) is 5.41 Å². The molecule has 2 aromatic heterocycles. The minimum Gasteiger partial charge on any atom is -0.378 e. The van der Waals surface area contributed by atoms with Gasteiger partial charge in [0.25, 0.3) is 0 Å². The number of fused-ring (bicyclic) bond motifs is 1. The molecule has 0 radical (unpaired) electrons. The highest BCUT2D eigenvalue weighted by Crippen LogP contribution is 2.27. The fraction of sp³-hybridized carbons (Fsp3) is 0.632. The lowest BCUT2D eigenvalue weighted by atomic mass is 9.95. The maximum Gasteiger partial charge on any atom is 0.185 e. The molecule has 0 aliphatic carbocycles. The third kappa shape index (κ3) is 3.89. The second-order valence-electron chi connectivity index (χ2n) is 8.08. The number of hydrogen-bond acceptors (Lipinski definition) is 7. The first-order valence-corrected chi connectivity index (χ1v) is 10.2. The fourth-order valence-corrected chi connectivity index (χ4v) is 4.37. The molecule has 0 amide bonds. The van der Waals surface area contributed by atoms with Crippen LogP contribution in [0, 0.1) is 0 Å². The van der Waals surface area contributed by atoms with Gasteiger partial charge >= 0.3 is 0 Å². The van der Waals surface area contributed by atoms with E-state index in [0.29, 0.717) is 0 Å². The van der Waals surface area contributed by atoms with Gasteiger partial charge in [-0.3, -0.25) is 4.90 Å². The van der Waals surface area contributed by atoms with Gasteiger partial charge in [-0.15, -0.1) is 11.3 Å². The molecule has 0 bridgehead atoms. The van der Waals surface area contributed by atoms with Crippen LogP contribution in [0.25, 0.3) is 0 Å². The van der Waals surface area contributed by atoms with Gasteiger partial charge in [0.05, 0.1) is 13.2 Å². The van der Waals surface area contributed by atoms with Crippen molar-refractivity contribution in [3.05, 3.63) is 34.4 Å². The first-order chi connectivity index (χ1) is 12.5. The Morgan fingerprint density at radius 2 is 1.92 bits per heavy atom. The minimum atomic E-state index is 0.00466. The molecule has 0 saturated carbocycles. The van der Waals surface area contributed by atoms with Gasteiger partial charge in [-0.05, 0) is 0 Å². The smallest absolute Gasteiger partial charge is 0.185 e. The van der Waals surface area contributed by atoms with E-state index in [9.17, 15) is 0 Å². The molecule has 140 valence electrons. The lowest BCUT2D eigenvalue weighted by Crippen LogP contribution is -2.36. The summed E-state index contributed by atoms with van der Waals surface area (Å²) in [5.74, 6) is 0.947. The van der Waals surface area contributed by atoms with Gasteiger partial charge in [0.1, 0.15) is 5.82 Å². The maximum atomic E-state index is 5.43. The molecule has 0 unspecified atom stereocenters. The lowest BCUT2D eigenvalue weighted by molar-refractivity contribution is 0.122. The summed E-state index contributed by atoms with van der Waals surface area (Å²) in [6.07, 6.45) is 5.06. The van der Waals surface area contributed by atoms with Crippen molar-refractivity contribution in [1.29, 1.82) is 0 Å². The van der Waals surface area contributed by atoms with Gasteiger partial charge < -0.3 is 9.64 Å². The Bertz CT molecular complexity index is 764. The van der Waals surface area contributed by atoms with Crippen molar-refractivity contribution in [2.24, 2.45) is 0 Å². The molecule has 0 N–H and O–H groups in total. The van der Waals surface area contributed by atoms with E-state index in [1.54, 1.807) is 11.3 Å². The van der Waals surface area contributed by atoms with E-state index in [1.165, 1.54) is 16.1 Å². The Morgan fingerprint density at radius 3 is 2.69 bits per heavy atom. The predicted octanol–water partition coefficient (Wildman–Crippen LogP) is 2.63. The average molecular weight is 374 g/mol. The molecular weight excluding hydrogens is 346 g/mol. The molecule has 0 atom stereocenters. The highest BCUT2D eigenvalue weighted by atomic mass is 32.1. The summed E-state index contributed by atoms with van der Waals surface area (Å²) >= 11 is 1.81. The van der Waals surface area contributed by atoms with Crippen LogP contribution in [0.5, 0.6) is 0 Å². The summed E-state index contributed by atoms with van der Waals surface area (Å²) in [7, 11) is 0. The van der Waals surface area contributed by atoms with Crippen LogP contribution in [0.15, 0.2) is 12.4 Å². The van der Waals surface area contributed by atoms with Crippen LogP contribution in [0.2, 0.25) is 0 Å². The van der Waals surface area contributed by atoms with Crippen LogP contribution in [0.3, 0.4) is 0 Å². The standard InChI is InChI=1S/C19H27N5OS/c1-19(2,3)17-20-10-14-12-23(5-4-16(14)22-17)13-15-11-21-18(26-15)24-6-8-25-9-7-24/h10-11H,4-9,12-13H2,1-3H3. The van der Waals surface area contributed by atoms with Crippen LogP contribution in [-0.4, -0.2) is 52.7 Å². The third-order valence-electron chi connectivity index (χ3n) is 4.89. The van der Waals surface area contributed by atoms with Crippen LogP contribution >= 0.6 is 11.3 Å². The van der Waals surface area contributed by atoms with Crippen molar-refractivity contribution in [2.75, 3.05) is 37.7 Å². The van der Waals surface area contributed by atoms with Gasteiger partial charge in [-0.1, -0.05) is 20.8 Å². The SMILES string of the molecule is CC(C)(C)c1ncc2c(n1)CCN(Cc1cnc(N3CCOCC3)s1)C2. The first kappa shape index (κ1) is 17.8. The van der Waals surface area contributed by atoms with E-state index >= 15 is 0 Å². The molecule has 2 aromatic rings. The Labute approximate surface area is 159 Å². The zero-order valence-corrected chi connectivity index (χ0v) is 16.7. The third-order valence-corrected chi connectivity index (χ3v) is 5.93. The minimum absolute atomic E-state index is 0.00466. The summed E-state index contributed by atoms with van der Waals surface area (Å²) in [4.78, 5) is 20.2. The molecule has 26 heavy (non-hydrogen) atoms. The first-order valence-electron chi connectivity index (χ1n) is 9.34. The largest absolute Gasteiger partial charge is 0.378 e. The average Bonchev–Trinajstić information content (AvgIpc) is 3.10. The number of morpholine rings is 1. The summed E-state index contributed by atoms with van der Waals surface area (Å²) in [5, 5.41) is 1.12. The van der Waals surface area contributed by atoms with Crippen LogP contribution < -0.4 is 4.90 Å². The molecule has 1 saturated heterocycles. The molecule has 4 heterocycles. The van der Waals surface area contributed by atoms with E-state index in [1.807, 2.05) is 12.4 Å². The molecule has 7 heteroatoms. The van der Waals surface area contributed by atoms with Crippen molar-refractivity contribution in [3.63, 3.8) is 0 Å². The molecule has 1 fully saturated rings. The van der Waals surface area contributed by atoms with E-state index in [4.69, 9.17) is 9.72 Å². The second-order valence-corrected chi connectivity index (χ2v) is 9.18. The summed E-state index contributed by atoms with van der Waals surface area (Å²) in [5.41, 5.74) is 2.49. The van der Waals surface area contributed by atoms with Crippen molar-refractivity contribution in [3.8, 4) is 0 Å². The monoisotopic (exact) mass is 373 g/mol. The van der Waals surface area contributed by atoms with Gasteiger partial charge in [0.15, 0.2) is 5.13 Å². The van der Waals surface area contributed by atoms with Gasteiger partial charge in [-0.2, -0.15) is 0 Å². The van der Waals surface area contributed by atoms with E-state index < -0.39 is 0 Å². The zero-order chi connectivity index (χ0) is 18.1. The second kappa shape index (κ2) is 7.21. The summed E-state index contributed by atoms with van der Waals surface area (Å²) in [6, 6.07) is 0. The number of nitrogens with zero attached hydrogens (tertiary/aromatic N) is 5. The lowest BCUT2D eigenvalue weighted by Gasteiger charge is -2.28. The van der Waals surface area contributed by atoms with Crippen molar-refractivity contribution >= 4 is 16.5 Å². The molecule has 0 aromatic carbocycles. The Balaban J connectivity index is 1.41.